The molecule has 2 N–H and O–H groups in total. The van der Waals surface area contributed by atoms with Gasteiger partial charge in [-0.25, -0.2) is 0 Å². The minimum absolute atomic E-state index is 0.0274. The van der Waals surface area contributed by atoms with E-state index in [-0.39, 0.29) is 18.6 Å². The zero-order chi connectivity index (χ0) is 19.1. The van der Waals surface area contributed by atoms with E-state index >= 15 is 0 Å². The van der Waals surface area contributed by atoms with Crippen molar-refractivity contribution in [1.82, 2.24) is 4.90 Å². The van der Waals surface area contributed by atoms with E-state index < -0.39 is 0 Å². The molecule has 0 aromatic heterocycles. The van der Waals surface area contributed by atoms with Crippen LogP contribution < -0.4 is 4.74 Å². The van der Waals surface area contributed by atoms with Crippen molar-refractivity contribution in [2.75, 3.05) is 32.9 Å². The zero-order valence-corrected chi connectivity index (χ0v) is 16.2. The first-order valence-electron chi connectivity index (χ1n) is 9.84. The van der Waals surface area contributed by atoms with Crippen molar-refractivity contribution in [3.63, 3.8) is 0 Å². The van der Waals surface area contributed by atoms with E-state index in [9.17, 15) is 5.11 Å². The smallest absolute Gasteiger partial charge is 0.119 e. The molecule has 0 saturated carbocycles. The van der Waals surface area contributed by atoms with Gasteiger partial charge in [-0.15, -0.1) is 0 Å². The maximum Gasteiger partial charge on any atom is 0.119 e. The Morgan fingerprint density at radius 3 is 2.56 bits per heavy atom. The minimum Gasteiger partial charge on any atom is -0.491 e. The van der Waals surface area contributed by atoms with Crippen LogP contribution in [0, 0.1) is 12.3 Å². The second-order valence-corrected chi connectivity index (χ2v) is 7.79. The summed E-state index contributed by atoms with van der Waals surface area (Å²) in [5.41, 5.74) is 3.84. The maximum atomic E-state index is 10.2. The van der Waals surface area contributed by atoms with Crippen molar-refractivity contribution in [2.24, 2.45) is 5.41 Å². The first-order chi connectivity index (χ1) is 13.1. The van der Waals surface area contributed by atoms with E-state index in [0.717, 1.165) is 44.6 Å². The summed E-state index contributed by atoms with van der Waals surface area (Å²) in [6.07, 6.45) is 3.12. The quantitative estimate of drug-likeness (QED) is 0.750. The molecule has 0 aliphatic carbocycles. The number of benzene rings is 2. The highest BCUT2D eigenvalue weighted by atomic mass is 16.5. The summed E-state index contributed by atoms with van der Waals surface area (Å²) in [7, 11) is 0. The van der Waals surface area contributed by atoms with Gasteiger partial charge in [-0.05, 0) is 61.6 Å². The molecule has 1 heterocycles. The van der Waals surface area contributed by atoms with E-state index in [1.54, 1.807) is 0 Å². The van der Waals surface area contributed by atoms with Gasteiger partial charge in [0.15, 0.2) is 0 Å². The number of likely N-dealkylation sites (tertiary alicyclic amines) is 1. The van der Waals surface area contributed by atoms with Crippen LogP contribution in [0.3, 0.4) is 0 Å². The fraction of sp³-hybridized carbons (Fsp3) is 0.478. The number of aliphatic hydroxyl groups is 2. The largest absolute Gasteiger partial charge is 0.491 e. The van der Waals surface area contributed by atoms with Crippen LogP contribution in [0.4, 0.5) is 0 Å². The Morgan fingerprint density at radius 1 is 1.07 bits per heavy atom. The van der Waals surface area contributed by atoms with Crippen LogP contribution in [0.25, 0.3) is 0 Å². The van der Waals surface area contributed by atoms with Gasteiger partial charge < -0.3 is 14.9 Å². The van der Waals surface area contributed by atoms with E-state index in [1.807, 2.05) is 12.1 Å². The Kier molecular flexibility index (Phi) is 6.89. The first kappa shape index (κ1) is 19.9. The first-order valence-corrected chi connectivity index (χ1v) is 9.84. The van der Waals surface area contributed by atoms with Crippen molar-refractivity contribution in [3.05, 3.63) is 65.2 Å². The van der Waals surface area contributed by atoms with Crippen molar-refractivity contribution in [2.45, 2.75) is 32.7 Å². The molecule has 0 amide bonds. The van der Waals surface area contributed by atoms with E-state index in [0.29, 0.717) is 6.61 Å². The summed E-state index contributed by atoms with van der Waals surface area (Å²) in [6.45, 7) is 5.60. The van der Waals surface area contributed by atoms with Crippen LogP contribution in [0.5, 0.6) is 5.75 Å². The molecule has 2 aromatic rings. The van der Waals surface area contributed by atoms with Gasteiger partial charge in [0.05, 0.1) is 13.2 Å². The van der Waals surface area contributed by atoms with E-state index in [1.165, 1.54) is 16.7 Å². The van der Waals surface area contributed by atoms with Crippen LogP contribution in [0.1, 0.15) is 29.5 Å². The van der Waals surface area contributed by atoms with Crippen LogP contribution in [0.2, 0.25) is 0 Å². The van der Waals surface area contributed by atoms with Gasteiger partial charge in [-0.3, -0.25) is 4.90 Å². The van der Waals surface area contributed by atoms with Gasteiger partial charge in [0.2, 0.25) is 0 Å². The number of hydrogen-bond acceptors (Lipinski definition) is 4. The summed E-state index contributed by atoms with van der Waals surface area (Å²) in [4.78, 5) is 2.46. The van der Waals surface area contributed by atoms with Crippen molar-refractivity contribution >= 4 is 0 Å². The van der Waals surface area contributed by atoms with E-state index in [4.69, 9.17) is 9.84 Å². The third-order valence-electron chi connectivity index (χ3n) is 5.59. The summed E-state index contributed by atoms with van der Waals surface area (Å²) >= 11 is 0. The average Bonchev–Trinajstić information content (AvgIpc) is 2.69. The van der Waals surface area contributed by atoms with Crippen LogP contribution in [-0.2, 0) is 13.0 Å². The topological polar surface area (TPSA) is 52.9 Å². The third-order valence-corrected chi connectivity index (χ3v) is 5.59. The lowest BCUT2D eigenvalue weighted by atomic mass is 9.75. The zero-order valence-electron chi connectivity index (χ0n) is 16.2. The van der Waals surface area contributed by atoms with Crippen LogP contribution in [-0.4, -0.2) is 48.0 Å². The minimum atomic E-state index is -0.0610. The molecule has 1 fully saturated rings. The monoisotopic (exact) mass is 369 g/mol. The second kappa shape index (κ2) is 9.36. The van der Waals surface area contributed by atoms with Crippen LogP contribution in [0.15, 0.2) is 48.5 Å². The normalized spacial score (nSPS) is 20.6. The molecule has 1 aliphatic rings. The highest BCUT2D eigenvalue weighted by Crippen LogP contribution is 2.34. The molecule has 0 radical (unpaired) electrons. The fourth-order valence-corrected chi connectivity index (χ4v) is 4.10. The molecule has 1 saturated heterocycles. The van der Waals surface area contributed by atoms with Crippen molar-refractivity contribution < 1.29 is 14.9 Å². The predicted octanol–water partition coefficient (Wildman–Crippen LogP) is 3.18. The molecular formula is C23H31NO3. The lowest BCUT2D eigenvalue weighted by Gasteiger charge is -2.42. The molecule has 4 heteroatoms. The Hall–Kier alpha value is -1.88. The molecule has 146 valence electrons. The molecule has 27 heavy (non-hydrogen) atoms. The Labute approximate surface area is 162 Å². The molecular weight excluding hydrogens is 338 g/mol. The molecule has 4 nitrogen and oxygen atoms in total. The average molecular weight is 370 g/mol. The van der Waals surface area contributed by atoms with Gasteiger partial charge in [0.1, 0.15) is 12.4 Å². The van der Waals surface area contributed by atoms with Crippen molar-refractivity contribution in [3.8, 4) is 5.75 Å². The molecule has 1 unspecified atom stereocenters. The lowest BCUT2D eigenvalue weighted by molar-refractivity contribution is 0.0287. The SMILES string of the molecule is Cc1ccccc1CC1(CO)CCCN(Cc2ccc(OCCO)cc2)C1. The van der Waals surface area contributed by atoms with Gasteiger partial charge in [0.25, 0.3) is 0 Å². The number of aryl methyl sites for hydroxylation is 1. The number of piperidine rings is 1. The summed E-state index contributed by atoms with van der Waals surface area (Å²) in [5.74, 6) is 0.788. The Bertz CT molecular complexity index is 716. The van der Waals surface area contributed by atoms with Gasteiger partial charge >= 0.3 is 0 Å². The summed E-state index contributed by atoms with van der Waals surface area (Å²) in [5, 5.41) is 19.1. The summed E-state index contributed by atoms with van der Waals surface area (Å²) in [6, 6.07) is 16.6. The highest BCUT2D eigenvalue weighted by molar-refractivity contribution is 5.28. The van der Waals surface area contributed by atoms with Gasteiger partial charge in [0, 0.05) is 18.5 Å². The fourth-order valence-electron chi connectivity index (χ4n) is 4.10. The lowest BCUT2D eigenvalue weighted by Crippen LogP contribution is -2.46. The highest BCUT2D eigenvalue weighted by Gasteiger charge is 2.35. The van der Waals surface area contributed by atoms with Crippen molar-refractivity contribution in [1.29, 1.82) is 0 Å². The number of aliphatic hydroxyl groups excluding tert-OH is 2. The third kappa shape index (κ3) is 5.32. The second-order valence-electron chi connectivity index (χ2n) is 7.79. The molecule has 1 atom stereocenters. The molecule has 0 bridgehead atoms. The number of hydrogen-bond donors (Lipinski definition) is 2. The van der Waals surface area contributed by atoms with Crippen LogP contribution >= 0.6 is 0 Å². The number of rotatable bonds is 8. The Morgan fingerprint density at radius 2 is 1.85 bits per heavy atom. The van der Waals surface area contributed by atoms with Gasteiger partial charge in [-0.1, -0.05) is 36.4 Å². The molecule has 1 aliphatic heterocycles. The Balaban J connectivity index is 1.64. The molecule has 0 spiro atoms. The van der Waals surface area contributed by atoms with E-state index in [2.05, 4.69) is 48.2 Å². The predicted molar refractivity (Wildman–Crippen MR) is 108 cm³/mol. The standard InChI is InChI=1S/C23H31NO3/c1-19-5-2-3-6-21(19)15-23(18-26)11-4-12-24(17-23)16-20-7-9-22(10-8-20)27-14-13-25/h2-3,5-10,25-26H,4,11-18H2,1H3. The molecule has 2 aromatic carbocycles. The number of ether oxygens (including phenoxy) is 1. The summed E-state index contributed by atoms with van der Waals surface area (Å²) < 4.78 is 5.43. The maximum absolute atomic E-state index is 10.2. The molecule has 3 rings (SSSR count). The van der Waals surface area contributed by atoms with Gasteiger partial charge in [-0.2, -0.15) is 0 Å². The number of nitrogens with zero attached hydrogens (tertiary/aromatic N) is 1.